The molecule has 0 saturated heterocycles. The number of hydrogen-bond acceptors (Lipinski definition) is 4. The Hall–Kier alpha value is -3.82. The number of nitrogen functional groups attached to an aromatic ring is 1. The molecule has 0 spiro atoms. The number of hydrogen-bond donors (Lipinski definition) is 4. The lowest BCUT2D eigenvalue weighted by molar-refractivity contribution is -0.192. The van der Waals surface area contributed by atoms with Gasteiger partial charge >= 0.3 is 12.1 Å². The van der Waals surface area contributed by atoms with Gasteiger partial charge < -0.3 is 16.2 Å². The van der Waals surface area contributed by atoms with Gasteiger partial charge in [-0.05, 0) is 29.8 Å². The maximum Gasteiger partial charge on any atom is 0.490 e. The molecular formula is C18H13F3N4O3. The molecule has 2 heterocycles. The minimum absolute atomic E-state index is 0.111. The Bertz CT molecular complexity index is 1100. The van der Waals surface area contributed by atoms with Crippen LogP contribution in [-0.2, 0) is 9.59 Å². The van der Waals surface area contributed by atoms with Crippen molar-refractivity contribution in [1.82, 2.24) is 10.2 Å². The smallest absolute Gasteiger partial charge is 0.475 e. The number of aromatic nitrogens is 2. The van der Waals surface area contributed by atoms with E-state index in [2.05, 4.69) is 15.5 Å². The number of carbonyl (C=O) groups excluding carboxylic acids is 1. The molecule has 2 aromatic carbocycles. The molecule has 0 aliphatic carbocycles. The number of nitrogens with one attached hydrogen (secondary N) is 2. The predicted molar refractivity (Wildman–Crippen MR) is 97.1 cm³/mol. The summed E-state index contributed by atoms with van der Waals surface area (Å²) in [4.78, 5) is 21.0. The highest BCUT2D eigenvalue weighted by atomic mass is 19.4. The number of aliphatic carboxylic acids is 1. The van der Waals surface area contributed by atoms with Crippen molar-refractivity contribution in [2.45, 2.75) is 6.18 Å². The number of nitrogens with zero attached hydrogens (tertiary/aromatic N) is 1. The lowest BCUT2D eigenvalue weighted by Crippen LogP contribution is -2.21. The predicted octanol–water partition coefficient (Wildman–Crippen LogP) is 3.27. The molecule has 0 fully saturated rings. The molecule has 28 heavy (non-hydrogen) atoms. The first-order chi connectivity index (χ1) is 13.1. The summed E-state index contributed by atoms with van der Waals surface area (Å²) in [5.41, 5.74) is 10.5. The molecule has 144 valence electrons. The van der Waals surface area contributed by atoms with Crippen molar-refractivity contribution < 1.29 is 27.9 Å². The van der Waals surface area contributed by atoms with E-state index in [9.17, 15) is 18.0 Å². The lowest BCUT2D eigenvalue weighted by Gasteiger charge is -2.00. The fourth-order valence-corrected chi connectivity index (χ4v) is 2.57. The molecule has 1 aromatic heterocycles. The number of rotatable bonds is 1. The summed E-state index contributed by atoms with van der Waals surface area (Å²) in [6, 6.07) is 11.3. The number of anilines is 2. The average molecular weight is 390 g/mol. The molecule has 0 unspecified atom stereocenters. The van der Waals surface area contributed by atoms with E-state index in [1.54, 1.807) is 18.3 Å². The summed E-state index contributed by atoms with van der Waals surface area (Å²) in [5, 5.41) is 17.9. The summed E-state index contributed by atoms with van der Waals surface area (Å²) in [6.45, 7) is 0. The molecule has 1 aliphatic heterocycles. The van der Waals surface area contributed by atoms with Crippen LogP contribution in [0.2, 0.25) is 0 Å². The van der Waals surface area contributed by atoms with Crippen molar-refractivity contribution in [2.24, 2.45) is 0 Å². The second-order valence-electron chi connectivity index (χ2n) is 5.84. The lowest BCUT2D eigenvalue weighted by atomic mass is 10.0. The monoisotopic (exact) mass is 390 g/mol. The maximum atomic E-state index is 12.1. The van der Waals surface area contributed by atoms with Gasteiger partial charge in [-0.3, -0.25) is 9.89 Å². The number of aromatic amines is 1. The number of carboxylic acids is 1. The van der Waals surface area contributed by atoms with Crippen molar-refractivity contribution in [3.05, 3.63) is 53.7 Å². The molecule has 0 radical (unpaired) electrons. The number of halogens is 3. The zero-order valence-corrected chi connectivity index (χ0v) is 14.0. The van der Waals surface area contributed by atoms with Crippen LogP contribution in [0.1, 0.15) is 11.1 Å². The summed E-state index contributed by atoms with van der Waals surface area (Å²) >= 11 is 0. The molecule has 1 aliphatic rings. The molecule has 0 atom stereocenters. The fourth-order valence-electron chi connectivity index (χ4n) is 2.57. The Morgan fingerprint density at radius 2 is 1.89 bits per heavy atom. The maximum absolute atomic E-state index is 12.1. The van der Waals surface area contributed by atoms with Crippen molar-refractivity contribution in [2.75, 3.05) is 11.1 Å². The molecule has 0 bridgehead atoms. The van der Waals surface area contributed by atoms with E-state index >= 15 is 0 Å². The minimum atomic E-state index is -5.08. The van der Waals surface area contributed by atoms with Crippen LogP contribution in [0, 0.1) is 0 Å². The summed E-state index contributed by atoms with van der Waals surface area (Å²) in [7, 11) is 0. The van der Waals surface area contributed by atoms with E-state index in [0.717, 1.165) is 27.7 Å². The van der Waals surface area contributed by atoms with Crippen LogP contribution in [0.4, 0.5) is 24.5 Å². The molecule has 1 amide bonds. The first kappa shape index (κ1) is 19.0. The zero-order chi connectivity index (χ0) is 20.5. The first-order valence-electron chi connectivity index (χ1n) is 7.81. The molecular weight excluding hydrogens is 377 g/mol. The van der Waals surface area contributed by atoms with Gasteiger partial charge in [0.25, 0.3) is 5.91 Å². The SMILES string of the molecule is Nc1ccc2c(c1)NC(=O)C2=Cc1ccc2cn[nH]c2c1.O=C(O)C(F)(F)F. The number of fused-ring (bicyclic) bond motifs is 2. The number of benzene rings is 2. The van der Waals surface area contributed by atoms with E-state index in [0.29, 0.717) is 11.3 Å². The number of nitrogens with two attached hydrogens (primary N) is 1. The second kappa shape index (κ2) is 7.06. The van der Waals surface area contributed by atoms with Crippen LogP contribution in [0.25, 0.3) is 22.6 Å². The van der Waals surface area contributed by atoms with Gasteiger partial charge in [0, 0.05) is 22.2 Å². The number of carbonyl (C=O) groups is 2. The van der Waals surface area contributed by atoms with Crippen molar-refractivity contribution in [1.29, 1.82) is 0 Å². The summed E-state index contributed by atoms with van der Waals surface area (Å²) in [6.07, 6.45) is -1.44. The Kier molecular flexibility index (Phi) is 4.78. The van der Waals surface area contributed by atoms with Gasteiger partial charge in [-0.25, -0.2) is 4.79 Å². The first-order valence-corrected chi connectivity index (χ1v) is 7.81. The van der Waals surface area contributed by atoms with Gasteiger partial charge in [0.05, 0.1) is 17.4 Å². The molecule has 10 heteroatoms. The highest BCUT2D eigenvalue weighted by Gasteiger charge is 2.38. The summed E-state index contributed by atoms with van der Waals surface area (Å²) < 4.78 is 31.7. The van der Waals surface area contributed by atoms with Crippen LogP contribution in [0.15, 0.2) is 42.6 Å². The number of amides is 1. The van der Waals surface area contributed by atoms with Gasteiger partial charge in [-0.1, -0.05) is 18.2 Å². The van der Waals surface area contributed by atoms with Crippen LogP contribution >= 0.6 is 0 Å². The number of H-pyrrole nitrogens is 1. The van der Waals surface area contributed by atoms with Crippen LogP contribution in [0.3, 0.4) is 0 Å². The standard InChI is InChI=1S/C16H12N4O.C2HF3O2/c17-11-3-4-12-13(16(21)19-15(12)7-11)5-9-1-2-10-8-18-20-14(10)6-9;3-2(4,5)1(6)7/h1-8H,17H2,(H,18,20)(H,19,21);(H,6,7). The van der Waals surface area contributed by atoms with Gasteiger partial charge in [0.2, 0.25) is 0 Å². The number of carboxylic acid groups (broad SMARTS) is 1. The van der Waals surface area contributed by atoms with Gasteiger partial charge in [-0.2, -0.15) is 18.3 Å². The number of alkyl halides is 3. The highest BCUT2D eigenvalue weighted by Crippen LogP contribution is 2.34. The van der Waals surface area contributed by atoms with Crippen molar-refractivity contribution in [3.63, 3.8) is 0 Å². The van der Waals surface area contributed by atoms with E-state index in [1.165, 1.54) is 0 Å². The minimum Gasteiger partial charge on any atom is -0.475 e. The van der Waals surface area contributed by atoms with Gasteiger partial charge in [0.15, 0.2) is 0 Å². The second-order valence-corrected chi connectivity index (χ2v) is 5.84. The Labute approximate surface area is 155 Å². The third-order valence-corrected chi connectivity index (χ3v) is 3.85. The van der Waals surface area contributed by atoms with E-state index in [4.69, 9.17) is 15.6 Å². The zero-order valence-electron chi connectivity index (χ0n) is 14.0. The third kappa shape index (κ3) is 3.95. The van der Waals surface area contributed by atoms with Gasteiger partial charge in [0.1, 0.15) is 0 Å². The highest BCUT2D eigenvalue weighted by molar-refractivity contribution is 6.35. The van der Waals surface area contributed by atoms with Crippen molar-refractivity contribution in [3.8, 4) is 0 Å². The normalized spacial score (nSPS) is 14.4. The van der Waals surface area contributed by atoms with Crippen LogP contribution in [0.5, 0.6) is 0 Å². The van der Waals surface area contributed by atoms with Crippen LogP contribution < -0.4 is 11.1 Å². The van der Waals surface area contributed by atoms with E-state index in [-0.39, 0.29) is 5.91 Å². The molecule has 3 aromatic rings. The fraction of sp³-hybridized carbons (Fsp3) is 0.0556. The molecule has 4 rings (SSSR count). The topological polar surface area (TPSA) is 121 Å². The molecule has 5 N–H and O–H groups in total. The molecule has 0 saturated carbocycles. The third-order valence-electron chi connectivity index (χ3n) is 3.85. The molecule has 7 nitrogen and oxygen atoms in total. The Morgan fingerprint density at radius 3 is 2.57 bits per heavy atom. The Balaban J connectivity index is 0.000000279. The quantitative estimate of drug-likeness (QED) is 0.375. The van der Waals surface area contributed by atoms with Crippen molar-refractivity contribution >= 4 is 45.8 Å². The average Bonchev–Trinajstić information content (AvgIpc) is 3.18. The van der Waals surface area contributed by atoms with E-state index in [1.807, 2.05) is 30.3 Å². The Morgan fingerprint density at radius 1 is 1.18 bits per heavy atom. The summed E-state index contributed by atoms with van der Waals surface area (Å²) in [5.74, 6) is -2.87. The van der Waals surface area contributed by atoms with Crippen LogP contribution in [-0.4, -0.2) is 33.4 Å². The van der Waals surface area contributed by atoms with E-state index < -0.39 is 12.1 Å². The van der Waals surface area contributed by atoms with Gasteiger partial charge in [-0.15, -0.1) is 0 Å². The largest absolute Gasteiger partial charge is 0.490 e.